The third-order valence-corrected chi connectivity index (χ3v) is 4.44. The number of nitrogens with one attached hydrogen (secondary N) is 1. The topological polar surface area (TPSA) is 36.9 Å². The molecule has 0 aliphatic rings. The minimum absolute atomic E-state index is 0.303. The monoisotopic (exact) mass is 296 g/mol. The molecule has 4 nitrogen and oxygen atoms in total. The van der Waals surface area contributed by atoms with Gasteiger partial charge < -0.3 is 4.90 Å². The van der Waals surface area contributed by atoms with Crippen LogP contribution in [0.2, 0.25) is 0 Å². The number of rotatable bonds is 5. The van der Waals surface area contributed by atoms with E-state index in [-0.39, 0.29) is 0 Å². The molecule has 2 rings (SSSR count). The molecule has 0 spiro atoms. The second-order valence-corrected chi connectivity index (χ2v) is 6.45. The Kier molecular flexibility index (Phi) is 4.42. The maximum Gasteiger partial charge on any atom is 0.225 e. The van der Waals surface area contributed by atoms with E-state index in [1.807, 2.05) is 0 Å². The van der Waals surface area contributed by atoms with Gasteiger partial charge in [-0.3, -0.25) is 4.57 Å². The van der Waals surface area contributed by atoms with Gasteiger partial charge in [-0.15, -0.1) is 16.4 Å². The summed E-state index contributed by atoms with van der Waals surface area (Å²) in [7, 11) is 2.07. The molecule has 104 valence electrons. The number of thiophene rings is 1. The first-order valence-electron chi connectivity index (χ1n) is 6.42. The molecule has 0 radical (unpaired) electrons. The molecule has 1 N–H and O–H groups in total. The highest BCUT2D eigenvalue weighted by Gasteiger charge is 2.18. The molecule has 2 aromatic rings. The molecule has 0 saturated carbocycles. The fraction of sp³-hybridized carbons (Fsp3) is 0.538. The van der Waals surface area contributed by atoms with Crippen LogP contribution in [0.15, 0.2) is 17.5 Å². The quantitative estimate of drug-likeness (QED) is 0.856. The van der Waals surface area contributed by atoms with E-state index in [2.05, 4.69) is 65.0 Å². The normalized spacial score (nSPS) is 12.9. The summed E-state index contributed by atoms with van der Waals surface area (Å²) in [6.45, 7) is 6.45. The lowest BCUT2D eigenvalue weighted by atomic mass is 10.2. The number of hydrogen-bond donors (Lipinski definition) is 1. The zero-order valence-corrected chi connectivity index (χ0v) is 13.4. The average molecular weight is 296 g/mol. The molecule has 0 saturated heterocycles. The molecule has 19 heavy (non-hydrogen) atoms. The maximum absolute atomic E-state index is 5.29. The van der Waals surface area contributed by atoms with Crippen molar-refractivity contribution in [3.63, 3.8) is 0 Å². The molecule has 1 atom stereocenters. The maximum atomic E-state index is 5.29. The summed E-state index contributed by atoms with van der Waals surface area (Å²) in [5, 5.41) is 9.37. The van der Waals surface area contributed by atoms with E-state index in [4.69, 9.17) is 12.2 Å². The fourth-order valence-corrected chi connectivity index (χ4v) is 3.23. The van der Waals surface area contributed by atoms with Crippen LogP contribution in [0.5, 0.6) is 0 Å². The standard InChI is InChI=1S/C13H20N4S2/c1-9(2)17-12(14-15-13(17)18)16(4)10(3)8-11-6-5-7-19-11/h5-7,9-10H,8H2,1-4H3,(H,15,18). The van der Waals surface area contributed by atoms with Crippen molar-refractivity contribution in [1.29, 1.82) is 0 Å². The van der Waals surface area contributed by atoms with Gasteiger partial charge >= 0.3 is 0 Å². The summed E-state index contributed by atoms with van der Waals surface area (Å²) < 4.78 is 2.74. The average Bonchev–Trinajstić information content (AvgIpc) is 2.97. The molecule has 0 amide bonds. The highest BCUT2D eigenvalue weighted by molar-refractivity contribution is 7.71. The van der Waals surface area contributed by atoms with Crippen LogP contribution in [-0.2, 0) is 6.42 Å². The van der Waals surface area contributed by atoms with E-state index >= 15 is 0 Å². The number of aromatic amines is 1. The van der Waals surface area contributed by atoms with Crippen LogP contribution < -0.4 is 4.90 Å². The lowest BCUT2D eigenvalue weighted by Gasteiger charge is -2.26. The van der Waals surface area contributed by atoms with Crippen LogP contribution in [0.4, 0.5) is 5.95 Å². The van der Waals surface area contributed by atoms with Gasteiger partial charge in [-0.25, -0.2) is 5.10 Å². The number of likely N-dealkylation sites (N-methyl/N-ethyl adjacent to an activating group) is 1. The Bertz CT molecular complexity index is 568. The molecule has 6 heteroatoms. The van der Waals surface area contributed by atoms with Crippen molar-refractivity contribution in [1.82, 2.24) is 14.8 Å². The summed E-state index contributed by atoms with van der Waals surface area (Å²) in [4.78, 5) is 3.58. The van der Waals surface area contributed by atoms with Crippen LogP contribution in [0, 0.1) is 4.77 Å². The summed E-state index contributed by atoms with van der Waals surface area (Å²) in [5.41, 5.74) is 0. The summed E-state index contributed by atoms with van der Waals surface area (Å²) >= 11 is 7.09. The minimum atomic E-state index is 0.303. The third kappa shape index (κ3) is 3.06. The Morgan fingerprint density at radius 2 is 2.21 bits per heavy atom. The van der Waals surface area contributed by atoms with Crippen molar-refractivity contribution >= 4 is 29.5 Å². The number of nitrogens with zero attached hydrogens (tertiary/aromatic N) is 3. The lowest BCUT2D eigenvalue weighted by molar-refractivity contribution is 0.565. The van der Waals surface area contributed by atoms with Gasteiger partial charge in [0.05, 0.1) is 0 Å². The van der Waals surface area contributed by atoms with Gasteiger partial charge in [0.2, 0.25) is 5.95 Å². The molecular weight excluding hydrogens is 276 g/mol. The Labute approximate surface area is 123 Å². The van der Waals surface area contributed by atoms with Crippen molar-refractivity contribution in [2.75, 3.05) is 11.9 Å². The Hall–Kier alpha value is -1.14. The number of aromatic nitrogens is 3. The van der Waals surface area contributed by atoms with Crippen LogP contribution in [0.3, 0.4) is 0 Å². The van der Waals surface area contributed by atoms with Crippen LogP contribution in [0.25, 0.3) is 0 Å². The van der Waals surface area contributed by atoms with E-state index in [9.17, 15) is 0 Å². The molecule has 2 heterocycles. The Balaban J connectivity index is 2.19. The van der Waals surface area contributed by atoms with E-state index in [0.717, 1.165) is 12.4 Å². The zero-order valence-electron chi connectivity index (χ0n) is 11.8. The molecule has 0 fully saturated rings. The second-order valence-electron chi connectivity index (χ2n) is 5.04. The molecule has 2 aromatic heterocycles. The molecule has 0 aliphatic heterocycles. The number of hydrogen-bond acceptors (Lipinski definition) is 4. The van der Waals surface area contributed by atoms with E-state index < -0.39 is 0 Å². The van der Waals surface area contributed by atoms with Crippen LogP contribution >= 0.6 is 23.6 Å². The van der Waals surface area contributed by atoms with E-state index in [1.165, 1.54) is 4.88 Å². The van der Waals surface area contributed by atoms with Crippen molar-refractivity contribution in [3.8, 4) is 0 Å². The first kappa shape index (κ1) is 14.3. The fourth-order valence-electron chi connectivity index (χ4n) is 2.06. The Morgan fingerprint density at radius 3 is 2.79 bits per heavy atom. The molecule has 0 aliphatic carbocycles. The minimum Gasteiger partial charge on any atom is -0.341 e. The van der Waals surface area contributed by atoms with Crippen molar-refractivity contribution in [2.24, 2.45) is 0 Å². The third-order valence-electron chi connectivity index (χ3n) is 3.26. The SMILES string of the molecule is CC(Cc1cccs1)N(C)c1n[nH]c(=S)n1C(C)C. The van der Waals surface area contributed by atoms with Gasteiger partial charge in [-0.2, -0.15) is 0 Å². The summed E-state index contributed by atoms with van der Waals surface area (Å²) in [6.07, 6.45) is 1.02. The first-order chi connectivity index (χ1) is 9.00. The lowest BCUT2D eigenvalue weighted by Crippen LogP contribution is -2.33. The largest absolute Gasteiger partial charge is 0.341 e. The first-order valence-corrected chi connectivity index (χ1v) is 7.71. The predicted octanol–water partition coefficient (Wildman–Crippen LogP) is 3.65. The number of H-pyrrole nitrogens is 1. The van der Waals surface area contributed by atoms with Crippen molar-refractivity contribution in [2.45, 2.75) is 39.3 Å². The molecule has 1 unspecified atom stereocenters. The highest BCUT2D eigenvalue weighted by atomic mass is 32.1. The van der Waals surface area contributed by atoms with E-state index in [1.54, 1.807) is 11.3 Å². The highest BCUT2D eigenvalue weighted by Crippen LogP contribution is 2.20. The second kappa shape index (κ2) is 5.88. The van der Waals surface area contributed by atoms with Crippen LogP contribution in [-0.4, -0.2) is 27.9 Å². The number of anilines is 1. The molecule has 0 aromatic carbocycles. The van der Waals surface area contributed by atoms with Gasteiger partial charge in [-0.05, 0) is 44.4 Å². The van der Waals surface area contributed by atoms with Crippen molar-refractivity contribution < 1.29 is 0 Å². The van der Waals surface area contributed by atoms with Gasteiger partial charge in [0.25, 0.3) is 0 Å². The molecule has 0 bridgehead atoms. The summed E-state index contributed by atoms with van der Waals surface area (Å²) in [5.74, 6) is 0.907. The molecular formula is C13H20N4S2. The van der Waals surface area contributed by atoms with Gasteiger partial charge in [0.1, 0.15) is 0 Å². The van der Waals surface area contributed by atoms with Crippen LogP contribution in [0.1, 0.15) is 31.7 Å². The van der Waals surface area contributed by atoms with E-state index in [0.29, 0.717) is 16.9 Å². The van der Waals surface area contributed by atoms with Gasteiger partial charge in [0.15, 0.2) is 4.77 Å². The van der Waals surface area contributed by atoms with Crippen molar-refractivity contribution in [3.05, 3.63) is 27.2 Å². The summed E-state index contributed by atoms with van der Waals surface area (Å²) in [6, 6.07) is 4.95. The Morgan fingerprint density at radius 1 is 1.47 bits per heavy atom. The van der Waals surface area contributed by atoms with Gasteiger partial charge in [-0.1, -0.05) is 6.07 Å². The smallest absolute Gasteiger partial charge is 0.225 e. The zero-order chi connectivity index (χ0) is 14.0. The predicted molar refractivity (Wildman–Crippen MR) is 83.7 cm³/mol. The van der Waals surface area contributed by atoms with Gasteiger partial charge in [0, 0.05) is 30.4 Å².